The smallest absolute Gasteiger partial charge is 0.325 e. The van der Waals surface area contributed by atoms with Crippen LogP contribution in [0.15, 0.2) is 0 Å². The number of carboxylic acids is 1. The Morgan fingerprint density at radius 2 is 1.88 bits per heavy atom. The van der Waals surface area contributed by atoms with E-state index in [1.807, 2.05) is 0 Å². The van der Waals surface area contributed by atoms with Gasteiger partial charge < -0.3 is 21.5 Å². The van der Waals surface area contributed by atoms with E-state index in [9.17, 15) is 14.4 Å². The molecule has 5 N–H and O–H groups in total. The Labute approximate surface area is 99.7 Å². The summed E-state index contributed by atoms with van der Waals surface area (Å²) < 4.78 is 0. The highest BCUT2D eigenvalue weighted by Crippen LogP contribution is 1.99. The molecule has 0 heterocycles. The lowest BCUT2D eigenvalue weighted by Gasteiger charge is -2.08. The van der Waals surface area contributed by atoms with Gasteiger partial charge in [0.2, 0.25) is 5.91 Å². The van der Waals surface area contributed by atoms with Crippen molar-refractivity contribution in [3.63, 3.8) is 0 Å². The molecule has 0 bridgehead atoms. The van der Waals surface area contributed by atoms with Crippen molar-refractivity contribution >= 4 is 17.9 Å². The number of nitrogens with two attached hydrogens (primary N) is 1. The van der Waals surface area contributed by atoms with E-state index in [0.717, 1.165) is 12.8 Å². The minimum atomic E-state index is -1.05. The molecule has 0 spiro atoms. The van der Waals surface area contributed by atoms with Crippen LogP contribution in [-0.2, 0) is 9.59 Å². The molecule has 0 radical (unpaired) electrons. The highest BCUT2D eigenvalue weighted by Gasteiger charge is 2.12. The number of carboxylic acid groups (broad SMARTS) is 1. The van der Waals surface area contributed by atoms with Crippen LogP contribution >= 0.6 is 0 Å². The van der Waals surface area contributed by atoms with E-state index in [0.29, 0.717) is 13.0 Å². The van der Waals surface area contributed by atoms with E-state index in [1.54, 1.807) is 0 Å². The van der Waals surface area contributed by atoms with Crippen LogP contribution in [0, 0.1) is 0 Å². The predicted molar refractivity (Wildman–Crippen MR) is 61.3 cm³/mol. The molecule has 0 aliphatic heterocycles. The summed E-state index contributed by atoms with van der Waals surface area (Å²) in [6.07, 6.45) is 2.45. The van der Waals surface area contributed by atoms with Gasteiger partial charge in [0.05, 0.1) is 0 Å². The molecule has 0 saturated carbocycles. The summed E-state index contributed by atoms with van der Waals surface area (Å²) in [6.45, 7) is 1.90. The van der Waals surface area contributed by atoms with Crippen molar-refractivity contribution < 1.29 is 19.5 Å². The van der Waals surface area contributed by atoms with Crippen LogP contribution in [0.2, 0.25) is 0 Å². The van der Waals surface area contributed by atoms with Crippen molar-refractivity contribution in [2.75, 3.05) is 6.54 Å². The van der Waals surface area contributed by atoms with E-state index >= 15 is 0 Å². The Morgan fingerprint density at radius 1 is 1.24 bits per heavy atom. The molecule has 0 aromatic heterocycles. The third-order valence-electron chi connectivity index (χ3n) is 2.13. The molecule has 3 amide bonds. The molecule has 0 aromatic rings. The molecular formula is C10H19N3O4. The van der Waals surface area contributed by atoms with Crippen LogP contribution in [0.5, 0.6) is 0 Å². The van der Waals surface area contributed by atoms with Crippen LogP contribution < -0.4 is 16.4 Å². The maximum Gasteiger partial charge on any atom is 0.325 e. The SMILES string of the molecule is CC(NC(=O)CCCCCNC(N)=O)C(=O)O. The molecule has 98 valence electrons. The van der Waals surface area contributed by atoms with Gasteiger partial charge in [-0.05, 0) is 19.8 Å². The first-order valence-corrected chi connectivity index (χ1v) is 5.49. The van der Waals surface area contributed by atoms with Gasteiger partial charge in [-0.15, -0.1) is 0 Å². The van der Waals surface area contributed by atoms with E-state index in [1.165, 1.54) is 6.92 Å². The first-order chi connectivity index (χ1) is 7.93. The van der Waals surface area contributed by atoms with Gasteiger partial charge in [-0.2, -0.15) is 0 Å². The van der Waals surface area contributed by atoms with Crippen LogP contribution in [0.1, 0.15) is 32.6 Å². The second kappa shape index (κ2) is 8.37. The first kappa shape index (κ1) is 15.2. The number of amides is 3. The third kappa shape index (κ3) is 9.16. The fourth-order valence-corrected chi connectivity index (χ4v) is 1.17. The van der Waals surface area contributed by atoms with Crippen molar-refractivity contribution in [1.82, 2.24) is 10.6 Å². The number of carbonyl (C=O) groups is 3. The maximum absolute atomic E-state index is 11.2. The highest BCUT2D eigenvalue weighted by atomic mass is 16.4. The number of carbonyl (C=O) groups excluding carboxylic acids is 2. The van der Waals surface area contributed by atoms with Gasteiger partial charge in [-0.3, -0.25) is 9.59 Å². The Balaban J connectivity index is 3.45. The average molecular weight is 245 g/mol. The number of hydrogen-bond acceptors (Lipinski definition) is 3. The normalized spacial score (nSPS) is 11.6. The van der Waals surface area contributed by atoms with Gasteiger partial charge in [0, 0.05) is 13.0 Å². The number of urea groups is 1. The zero-order chi connectivity index (χ0) is 13.3. The first-order valence-electron chi connectivity index (χ1n) is 5.49. The van der Waals surface area contributed by atoms with Gasteiger partial charge >= 0.3 is 12.0 Å². The van der Waals surface area contributed by atoms with Gasteiger partial charge in [0.15, 0.2) is 0 Å². The van der Waals surface area contributed by atoms with Crippen LogP contribution in [0.4, 0.5) is 4.79 Å². The topological polar surface area (TPSA) is 122 Å². The highest BCUT2D eigenvalue weighted by molar-refractivity contribution is 5.83. The van der Waals surface area contributed by atoms with Gasteiger partial charge in [-0.25, -0.2) is 4.79 Å². The zero-order valence-corrected chi connectivity index (χ0v) is 9.86. The zero-order valence-electron chi connectivity index (χ0n) is 9.86. The third-order valence-corrected chi connectivity index (χ3v) is 2.13. The second-order valence-electron chi connectivity index (χ2n) is 3.73. The molecule has 0 aliphatic carbocycles. The summed E-state index contributed by atoms with van der Waals surface area (Å²) in [7, 11) is 0. The molecule has 0 fully saturated rings. The fraction of sp³-hybridized carbons (Fsp3) is 0.700. The van der Waals surface area contributed by atoms with Crippen LogP contribution in [0.25, 0.3) is 0 Å². The predicted octanol–water partition coefficient (Wildman–Crippen LogP) is -0.196. The molecule has 0 saturated heterocycles. The molecule has 0 rings (SSSR count). The Kier molecular flexibility index (Phi) is 7.49. The summed E-state index contributed by atoms with van der Waals surface area (Å²) in [6, 6.07) is -1.42. The van der Waals surface area contributed by atoms with E-state index in [2.05, 4.69) is 10.6 Å². The van der Waals surface area contributed by atoms with Gasteiger partial charge in [-0.1, -0.05) is 6.42 Å². The van der Waals surface area contributed by atoms with Gasteiger partial charge in [0.1, 0.15) is 6.04 Å². The van der Waals surface area contributed by atoms with E-state index in [4.69, 9.17) is 10.8 Å². The Hall–Kier alpha value is -1.79. The molecule has 1 atom stereocenters. The molecular weight excluding hydrogens is 226 g/mol. The van der Waals surface area contributed by atoms with Crippen molar-refractivity contribution in [3.8, 4) is 0 Å². The number of hydrogen-bond donors (Lipinski definition) is 4. The van der Waals surface area contributed by atoms with Crippen molar-refractivity contribution in [2.24, 2.45) is 5.73 Å². The average Bonchev–Trinajstić information content (AvgIpc) is 2.22. The molecule has 17 heavy (non-hydrogen) atoms. The van der Waals surface area contributed by atoms with E-state index in [-0.39, 0.29) is 12.3 Å². The summed E-state index contributed by atoms with van der Waals surface area (Å²) >= 11 is 0. The molecule has 7 heteroatoms. The maximum atomic E-state index is 11.2. The standard InChI is InChI=1S/C10H19N3O4/c1-7(9(15)16)13-8(14)5-3-2-4-6-12-10(11)17/h7H,2-6H2,1H3,(H,13,14)(H,15,16)(H3,11,12,17). The monoisotopic (exact) mass is 245 g/mol. The molecule has 7 nitrogen and oxygen atoms in total. The lowest BCUT2D eigenvalue weighted by molar-refractivity contribution is -0.141. The number of primary amides is 1. The largest absolute Gasteiger partial charge is 0.480 e. The summed E-state index contributed by atoms with van der Waals surface area (Å²) in [4.78, 5) is 32.0. The van der Waals surface area contributed by atoms with Crippen LogP contribution in [0.3, 0.4) is 0 Å². The number of aliphatic carboxylic acids is 1. The minimum Gasteiger partial charge on any atom is -0.480 e. The van der Waals surface area contributed by atoms with Crippen molar-refractivity contribution in [1.29, 1.82) is 0 Å². The Bertz CT molecular complexity index is 281. The number of nitrogens with one attached hydrogen (secondary N) is 2. The van der Waals surface area contributed by atoms with Crippen LogP contribution in [-0.4, -0.2) is 35.6 Å². The van der Waals surface area contributed by atoms with Gasteiger partial charge in [0.25, 0.3) is 0 Å². The van der Waals surface area contributed by atoms with Crippen molar-refractivity contribution in [3.05, 3.63) is 0 Å². The molecule has 1 unspecified atom stereocenters. The second-order valence-corrected chi connectivity index (χ2v) is 3.73. The summed E-state index contributed by atoms with van der Waals surface area (Å²) in [5.41, 5.74) is 4.87. The van der Waals surface area contributed by atoms with E-state index < -0.39 is 18.0 Å². The summed E-state index contributed by atoms with van der Waals surface area (Å²) in [5.74, 6) is -1.33. The Morgan fingerprint density at radius 3 is 2.41 bits per heavy atom. The lowest BCUT2D eigenvalue weighted by atomic mass is 10.2. The number of rotatable bonds is 8. The quantitative estimate of drug-likeness (QED) is 0.442. The fourth-order valence-electron chi connectivity index (χ4n) is 1.17. The minimum absolute atomic E-state index is 0.275. The number of unbranched alkanes of at least 4 members (excludes halogenated alkanes) is 2. The summed E-state index contributed by atoms with van der Waals surface area (Å²) in [5, 5.41) is 13.4. The molecule has 0 aromatic carbocycles. The van der Waals surface area contributed by atoms with Crippen molar-refractivity contribution in [2.45, 2.75) is 38.6 Å². The molecule has 0 aliphatic rings. The lowest BCUT2D eigenvalue weighted by Crippen LogP contribution is -2.38.